The van der Waals surface area contributed by atoms with E-state index in [4.69, 9.17) is 0 Å². The van der Waals surface area contributed by atoms with Crippen LogP contribution in [-0.4, -0.2) is 48.3 Å². The van der Waals surface area contributed by atoms with Gasteiger partial charge in [0.1, 0.15) is 0 Å². The van der Waals surface area contributed by atoms with Crippen LogP contribution < -0.4 is 5.32 Å². The van der Waals surface area contributed by atoms with Gasteiger partial charge in [-0.25, -0.2) is 13.4 Å². The number of rotatable bonds is 6. The molecule has 2 heterocycles. The molecule has 0 aromatic carbocycles. The average Bonchev–Trinajstić information content (AvgIpc) is 2.98. The van der Waals surface area contributed by atoms with Gasteiger partial charge in [0.15, 0.2) is 5.03 Å². The maximum absolute atomic E-state index is 12.5. The molecule has 0 amide bonds. The van der Waals surface area contributed by atoms with Crippen LogP contribution in [0.25, 0.3) is 0 Å². The quantitative estimate of drug-likeness (QED) is 0.861. The Morgan fingerprint density at radius 2 is 2.24 bits per heavy atom. The number of hydrogen-bond acceptors (Lipinski definition) is 5. The molecule has 21 heavy (non-hydrogen) atoms. The molecule has 1 fully saturated rings. The molecule has 0 spiro atoms. The van der Waals surface area contributed by atoms with Crippen molar-refractivity contribution in [2.24, 2.45) is 0 Å². The van der Waals surface area contributed by atoms with Gasteiger partial charge < -0.3 is 5.32 Å². The van der Waals surface area contributed by atoms with E-state index in [1.807, 2.05) is 6.07 Å². The minimum Gasteiger partial charge on any atom is -0.310 e. The van der Waals surface area contributed by atoms with Gasteiger partial charge in [-0.1, -0.05) is 19.9 Å². The summed E-state index contributed by atoms with van der Waals surface area (Å²) in [6.45, 7) is 4.84. The van der Waals surface area contributed by atoms with Crippen LogP contribution >= 0.6 is 11.8 Å². The Labute approximate surface area is 131 Å². The molecule has 1 unspecified atom stereocenters. The highest BCUT2D eigenvalue weighted by atomic mass is 32.2. The molecule has 1 aromatic rings. The number of thioether (sulfide) groups is 1. The first-order valence-electron chi connectivity index (χ1n) is 7.15. The van der Waals surface area contributed by atoms with Crippen LogP contribution in [-0.2, 0) is 16.6 Å². The van der Waals surface area contributed by atoms with E-state index < -0.39 is 10.0 Å². The van der Waals surface area contributed by atoms with Crippen LogP contribution in [0, 0.1) is 0 Å². The van der Waals surface area contributed by atoms with Crippen molar-refractivity contribution < 1.29 is 8.42 Å². The zero-order valence-corrected chi connectivity index (χ0v) is 14.4. The van der Waals surface area contributed by atoms with E-state index in [1.54, 1.807) is 31.1 Å². The lowest BCUT2D eigenvalue weighted by Gasteiger charge is -2.22. The fourth-order valence-corrected chi connectivity index (χ4v) is 4.80. The SMILES string of the molecule is CC(C)NCc1ccc(S(=O)(=O)N(C)C2CCSC2)nc1. The van der Waals surface area contributed by atoms with Crippen molar-refractivity contribution in [3.63, 3.8) is 0 Å². The summed E-state index contributed by atoms with van der Waals surface area (Å²) in [5.74, 6) is 1.89. The number of nitrogens with one attached hydrogen (secondary N) is 1. The van der Waals surface area contributed by atoms with Gasteiger partial charge in [0.2, 0.25) is 0 Å². The average molecular weight is 329 g/mol. The summed E-state index contributed by atoms with van der Waals surface area (Å²) in [5, 5.41) is 3.42. The van der Waals surface area contributed by atoms with Crippen LogP contribution in [0.2, 0.25) is 0 Å². The molecule has 1 aromatic heterocycles. The highest BCUT2D eigenvalue weighted by Gasteiger charge is 2.31. The van der Waals surface area contributed by atoms with Crippen molar-refractivity contribution in [2.45, 2.75) is 43.9 Å². The number of pyridine rings is 1. The number of hydrogen-bond donors (Lipinski definition) is 1. The Balaban J connectivity index is 2.09. The van der Waals surface area contributed by atoms with E-state index >= 15 is 0 Å². The first-order chi connectivity index (χ1) is 9.91. The Hall–Kier alpha value is -0.630. The van der Waals surface area contributed by atoms with Crippen LogP contribution in [0.3, 0.4) is 0 Å². The van der Waals surface area contributed by atoms with Crippen LogP contribution in [0.4, 0.5) is 0 Å². The van der Waals surface area contributed by atoms with Gasteiger partial charge in [-0.3, -0.25) is 0 Å². The molecule has 0 aliphatic carbocycles. The van der Waals surface area contributed by atoms with Crippen molar-refractivity contribution in [3.05, 3.63) is 23.9 Å². The molecular formula is C14H23N3O2S2. The summed E-state index contributed by atoms with van der Waals surface area (Å²) in [6, 6.07) is 3.90. The Kier molecular flexibility index (Phi) is 5.65. The second kappa shape index (κ2) is 7.09. The van der Waals surface area contributed by atoms with Gasteiger partial charge >= 0.3 is 0 Å². The maximum atomic E-state index is 12.5. The monoisotopic (exact) mass is 329 g/mol. The second-order valence-electron chi connectivity index (χ2n) is 5.58. The molecular weight excluding hydrogens is 306 g/mol. The van der Waals surface area contributed by atoms with Crippen LogP contribution in [0.1, 0.15) is 25.8 Å². The number of nitrogens with zero attached hydrogens (tertiary/aromatic N) is 2. The van der Waals surface area contributed by atoms with Gasteiger partial charge in [-0.2, -0.15) is 16.1 Å². The Bertz CT molecular complexity index is 552. The highest BCUT2D eigenvalue weighted by Crippen LogP contribution is 2.25. The lowest BCUT2D eigenvalue weighted by Crippen LogP contribution is -2.37. The minimum absolute atomic E-state index is 0.0871. The first kappa shape index (κ1) is 16.7. The third-order valence-corrected chi connectivity index (χ3v) is 6.55. The fraction of sp³-hybridized carbons (Fsp3) is 0.643. The van der Waals surface area contributed by atoms with Crippen molar-refractivity contribution in [3.8, 4) is 0 Å². The highest BCUT2D eigenvalue weighted by molar-refractivity contribution is 7.99. The normalized spacial score (nSPS) is 19.6. The molecule has 2 rings (SSSR count). The molecule has 1 saturated heterocycles. The van der Waals surface area contributed by atoms with Gasteiger partial charge in [-0.15, -0.1) is 0 Å². The lowest BCUT2D eigenvalue weighted by molar-refractivity contribution is 0.393. The molecule has 118 valence electrons. The summed E-state index contributed by atoms with van der Waals surface area (Å²) >= 11 is 1.80. The van der Waals surface area contributed by atoms with Crippen molar-refractivity contribution in [1.82, 2.24) is 14.6 Å². The molecule has 1 aliphatic heterocycles. The second-order valence-corrected chi connectivity index (χ2v) is 8.67. The van der Waals surface area contributed by atoms with E-state index in [0.717, 1.165) is 23.5 Å². The summed E-state index contributed by atoms with van der Waals surface area (Å²) in [5.41, 5.74) is 0.988. The zero-order chi connectivity index (χ0) is 15.5. The molecule has 0 bridgehead atoms. The third-order valence-electron chi connectivity index (χ3n) is 3.58. The molecule has 5 nitrogen and oxygen atoms in total. The van der Waals surface area contributed by atoms with Crippen LogP contribution in [0.15, 0.2) is 23.4 Å². The van der Waals surface area contributed by atoms with Gasteiger partial charge in [-0.05, 0) is 23.8 Å². The molecule has 1 aliphatic rings. The van der Waals surface area contributed by atoms with E-state index in [9.17, 15) is 8.42 Å². The minimum atomic E-state index is -3.48. The van der Waals surface area contributed by atoms with Gasteiger partial charge in [0, 0.05) is 37.6 Å². The molecule has 1 atom stereocenters. The van der Waals surface area contributed by atoms with Crippen molar-refractivity contribution in [1.29, 1.82) is 0 Å². The van der Waals surface area contributed by atoms with E-state index in [-0.39, 0.29) is 11.1 Å². The third kappa shape index (κ3) is 4.18. The molecule has 0 saturated carbocycles. The van der Waals surface area contributed by atoms with E-state index in [2.05, 4.69) is 24.1 Å². The maximum Gasteiger partial charge on any atom is 0.260 e. The van der Waals surface area contributed by atoms with Gasteiger partial charge in [0.05, 0.1) is 0 Å². The fourth-order valence-electron chi connectivity index (χ4n) is 2.14. The smallest absolute Gasteiger partial charge is 0.260 e. The van der Waals surface area contributed by atoms with Crippen molar-refractivity contribution in [2.75, 3.05) is 18.6 Å². The lowest BCUT2D eigenvalue weighted by atomic mass is 10.2. The molecule has 0 radical (unpaired) electrons. The van der Waals surface area contributed by atoms with E-state index in [1.165, 1.54) is 4.31 Å². The summed E-state index contributed by atoms with van der Waals surface area (Å²) in [6.07, 6.45) is 2.55. The zero-order valence-electron chi connectivity index (χ0n) is 12.7. The molecule has 7 heteroatoms. The largest absolute Gasteiger partial charge is 0.310 e. The summed E-state index contributed by atoms with van der Waals surface area (Å²) in [7, 11) is -1.83. The predicted octanol–water partition coefficient (Wildman–Crippen LogP) is 1.71. The van der Waals surface area contributed by atoms with Gasteiger partial charge in [0.25, 0.3) is 10.0 Å². The number of aromatic nitrogens is 1. The summed E-state index contributed by atoms with van der Waals surface area (Å²) < 4.78 is 26.5. The topological polar surface area (TPSA) is 62.3 Å². The Morgan fingerprint density at radius 3 is 2.76 bits per heavy atom. The summed E-state index contributed by atoms with van der Waals surface area (Å²) in [4.78, 5) is 4.14. The van der Waals surface area contributed by atoms with Crippen LogP contribution in [0.5, 0.6) is 0 Å². The van der Waals surface area contributed by atoms with Crippen molar-refractivity contribution >= 4 is 21.8 Å². The Morgan fingerprint density at radius 1 is 1.48 bits per heavy atom. The first-order valence-corrected chi connectivity index (χ1v) is 9.75. The van der Waals surface area contributed by atoms with E-state index in [0.29, 0.717) is 12.6 Å². The number of sulfonamides is 1. The standard InChI is InChI=1S/C14H23N3O2S2/c1-11(2)15-8-12-4-5-14(16-9-12)21(18,19)17(3)13-6-7-20-10-13/h4-5,9,11,13,15H,6-8,10H2,1-3H3. The predicted molar refractivity (Wildman–Crippen MR) is 86.9 cm³/mol. The molecule has 1 N–H and O–H groups in total.